The van der Waals surface area contributed by atoms with Crippen LogP contribution in [-0.2, 0) is 38.2 Å². The summed E-state index contributed by atoms with van der Waals surface area (Å²) in [6.45, 7) is 2.23. The summed E-state index contributed by atoms with van der Waals surface area (Å²) in [6.07, 6.45) is -15.6. The number of ether oxygens (including phenoxy) is 3. The predicted molar refractivity (Wildman–Crippen MR) is 190 cm³/mol. The first-order chi connectivity index (χ1) is 27.7. The lowest BCUT2D eigenvalue weighted by molar-refractivity contribution is -0.205. The van der Waals surface area contributed by atoms with Gasteiger partial charge in [0.15, 0.2) is 10.8 Å². The lowest BCUT2D eigenvalue weighted by Crippen LogP contribution is -2.58. The number of nitrogens with zero attached hydrogens (tertiary/aromatic N) is 3. The molecule has 2 saturated heterocycles. The van der Waals surface area contributed by atoms with E-state index in [1.165, 1.54) is 4.90 Å². The van der Waals surface area contributed by atoms with Gasteiger partial charge in [-0.15, -0.1) is 11.3 Å². The van der Waals surface area contributed by atoms with Crippen LogP contribution >= 0.6 is 11.3 Å². The number of fused-ring (bicyclic) bond motifs is 1. The fourth-order valence-corrected chi connectivity index (χ4v) is 7.56. The van der Waals surface area contributed by atoms with Gasteiger partial charge in [-0.25, -0.2) is 14.6 Å². The van der Waals surface area contributed by atoms with Gasteiger partial charge in [0.05, 0.1) is 24.3 Å². The number of aromatic nitrogens is 2. The number of hydrogen-bond acceptors (Lipinski definition) is 11. The highest BCUT2D eigenvalue weighted by atomic mass is 32.1. The minimum absolute atomic E-state index is 0.129. The highest BCUT2D eigenvalue weighted by molar-refractivity contribution is 7.10. The fraction of sp³-hybridized carbons (Fsp3) is 0.432. The number of thiazole rings is 1. The van der Waals surface area contributed by atoms with Crippen LogP contribution in [0.4, 0.5) is 39.5 Å². The molecule has 2 aliphatic rings. The SMILES string of the molecule is O=C(c1csc(C(F)(F)F)n1)N1CCOC2(CCN(Cc3cccc(CCNC[C@H](OC(=O)C(F)(F)F)c4ccc(OC(=O)C(F)(F)F)c5[nH]c(=O)ccc45)c3)CC2)C1. The van der Waals surface area contributed by atoms with Crippen LogP contribution in [0.15, 0.2) is 58.7 Å². The largest absolute Gasteiger partial charge is 0.491 e. The first kappa shape index (κ1) is 43.5. The molecule has 2 N–H and O–H groups in total. The molecule has 0 unspecified atom stereocenters. The van der Waals surface area contributed by atoms with Gasteiger partial charge in [0.2, 0.25) is 5.56 Å². The topological polar surface area (TPSA) is 143 Å². The summed E-state index contributed by atoms with van der Waals surface area (Å²) in [4.78, 5) is 57.9. The van der Waals surface area contributed by atoms with Crippen molar-refractivity contribution in [2.75, 3.05) is 45.9 Å². The standard InChI is InChI=1S/C37H34F9N5O7S/c38-35(39,40)31-48-25(19-59-31)30(53)51-14-15-56-34(20-51)9-12-50(13-10-34)18-22-3-1-2-21(16-22)8-11-47-17-27(58-33(55)37(44,45)46)23-4-6-26(57-32(54)36(41,42)43)29-24(23)5-7-28(52)49-29/h1-7,16,19,27,47H,8-15,17-18,20H2,(H,49,52)/t27-/m0/s1. The second-order valence-corrected chi connectivity index (χ2v) is 14.7. The summed E-state index contributed by atoms with van der Waals surface area (Å²) in [7, 11) is 0. The second-order valence-electron chi connectivity index (χ2n) is 13.9. The molecule has 2 aromatic carbocycles. The number of hydrogen-bond donors (Lipinski definition) is 2. The third-order valence-electron chi connectivity index (χ3n) is 9.74. The summed E-state index contributed by atoms with van der Waals surface area (Å²) in [5.74, 6) is -6.45. The van der Waals surface area contributed by atoms with Crippen molar-refractivity contribution in [2.24, 2.45) is 0 Å². The average molecular weight is 864 g/mol. The quantitative estimate of drug-likeness (QED) is 0.0804. The van der Waals surface area contributed by atoms with Crippen LogP contribution in [0.25, 0.3) is 10.9 Å². The number of pyridine rings is 1. The highest BCUT2D eigenvalue weighted by Crippen LogP contribution is 2.36. The van der Waals surface area contributed by atoms with Crippen LogP contribution in [0.2, 0.25) is 0 Å². The first-order valence-corrected chi connectivity index (χ1v) is 18.8. The molecule has 4 heterocycles. The van der Waals surface area contributed by atoms with Crippen molar-refractivity contribution in [3.05, 3.63) is 91.7 Å². The monoisotopic (exact) mass is 863 g/mol. The number of esters is 2. The number of carbonyl (C=O) groups excluding carboxylic acids is 3. The van der Waals surface area contributed by atoms with Crippen LogP contribution in [-0.4, -0.2) is 101 Å². The maximum Gasteiger partial charge on any atom is 0.491 e. The molecule has 1 amide bonds. The molecule has 4 aromatic rings. The number of morpholine rings is 1. The third kappa shape index (κ3) is 10.8. The minimum Gasteiger partial charge on any atom is -0.449 e. The number of carbonyl (C=O) groups is 3. The van der Waals surface area contributed by atoms with Gasteiger partial charge < -0.3 is 29.4 Å². The Morgan fingerprint density at radius 3 is 2.32 bits per heavy atom. The molecular formula is C37H34F9N5O7S. The normalized spacial score (nSPS) is 16.9. The van der Waals surface area contributed by atoms with E-state index in [-0.39, 0.29) is 42.9 Å². The molecule has 2 aliphatic heterocycles. The number of amides is 1. The molecule has 59 heavy (non-hydrogen) atoms. The molecule has 1 spiro atoms. The Hall–Kier alpha value is -5.06. The smallest absolute Gasteiger partial charge is 0.449 e. The first-order valence-electron chi connectivity index (χ1n) is 17.9. The van der Waals surface area contributed by atoms with Crippen LogP contribution in [0.3, 0.4) is 0 Å². The molecule has 0 saturated carbocycles. The van der Waals surface area contributed by atoms with Crippen molar-refractivity contribution >= 4 is 40.1 Å². The summed E-state index contributed by atoms with van der Waals surface area (Å²) in [5, 5.41) is 2.82. The van der Waals surface area contributed by atoms with Crippen LogP contribution in [0.5, 0.6) is 5.75 Å². The van der Waals surface area contributed by atoms with E-state index in [9.17, 15) is 58.7 Å². The fourth-order valence-electron chi connectivity index (χ4n) is 6.89. The molecule has 0 radical (unpaired) electrons. The number of likely N-dealkylation sites (tertiary alicyclic amines) is 1. The number of piperidine rings is 1. The molecule has 2 fully saturated rings. The predicted octanol–water partition coefficient (Wildman–Crippen LogP) is 5.96. The molecule has 22 heteroatoms. The number of benzene rings is 2. The van der Waals surface area contributed by atoms with E-state index >= 15 is 0 Å². The van der Waals surface area contributed by atoms with Crippen molar-refractivity contribution in [1.29, 1.82) is 0 Å². The van der Waals surface area contributed by atoms with E-state index in [4.69, 9.17) is 9.47 Å². The van der Waals surface area contributed by atoms with E-state index < -0.39 is 76.5 Å². The van der Waals surface area contributed by atoms with Crippen LogP contribution in [0.1, 0.15) is 51.1 Å². The maximum atomic E-state index is 13.3. The summed E-state index contributed by atoms with van der Waals surface area (Å²) in [6, 6.07) is 11.4. The van der Waals surface area contributed by atoms with Gasteiger partial charge in [-0.05, 0) is 49.1 Å². The Morgan fingerprint density at radius 1 is 0.932 bits per heavy atom. The van der Waals surface area contributed by atoms with Gasteiger partial charge in [0.1, 0.15) is 11.8 Å². The number of H-pyrrole nitrogens is 1. The van der Waals surface area contributed by atoms with E-state index in [0.717, 1.165) is 40.8 Å². The Balaban J connectivity index is 1.06. The molecule has 0 aliphatic carbocycles. The maximum absolute atomic E-state index is 13.3. The van der Waals surface area contributed by atoms with Gasteiger partial charge in [-0.3, -0.25) is 14.5 Å². The van der Waals surface area contributed by atoms with E-state index in [1.54, 1.807) is 0 Å². The molecule has 6 rings (SSSR count). The lowest BCUT2D eigenvalue weighted by atomic mass is 9.89. The molecule has 12 nitrogen and oxygen atoms in total. The van der Waals surface area contributed by atoms with Gasteiger partial charge >= 0.3 is 30.5 Å². The van der Waals surface area contributed by atoms with Crippen LogP contribution in [0, 0.1) is 0 Å². The zero-order chi connectivity index (χ0) is 42.8. The van der Waals surface area contributed by atoms with E-state index in [0.29, 0.717) is 50.2 Å². The minimum atomic E-state index is -5.40. The van der Waals surface area contributed by atoms with Gasteiger partial charge in [-0.2, -0.15) is 39.5 Å². The summed E-state index contributed by atoms with van der Waals surface area (Å²) >= 11 is 0.368. The van der Waals surface area contributed by atoms with Crippen molar-refractivity contribution in [1.82, 2.24) is 25.1 Å². The summed E-state index contributed by atoms with van der Waals surface area (Å²) < 4.78 is 133. The molecule has 0 bridgehead atoms. The number of aromatic amines is 1. The summed E-state index contributed by atoms with van der Waals surface area (Å²) in [5.41, 5.74) is -0.501. The zero-order valence-electron chi connectivity index (χ0n) is 30.6. The van der Waals surface area contributed by atoms with Crippen molar-refractivity contribution < 1.29 is 68.1 Å². The number of halogens is 9. The highest BCUT2D eigenvalue weighted by Gasteiger charge is 2.45. The van der Waals surface area contributed by atoms with E-state index in [2.05, 4.69) is 24.9 Å². The Bertz CT molecular complexity index is 2230. The Kier molecular flexibility index (Phi) is 12.7. The molecule has 318 valence electrons. The van der Waals surface area contributed by atoms with Gasteiger partial charge in [0, 0.05) is 55.1 Å². The average Bonchev–Trinajstić information content (AvgIpc) is 3.68. The van der Waals surface area contributed by atoms with Crippen molar-refractivity contribution in [2.45, 2.75) is 56.0 Å². The Morgan fingerprint density at radius 2 is 1.64 bits per heavy atom. The Labute approximate surface area is 332 Å². The molecule has 2 aromatic heterocycles. The second kappa shape index (κ2) is 17.3. The zero-order valence-corrected chi connectivity index (χ0v) is 31.4. The number of rotatable bonds is 11. The lowest BCUT2D eigenvalue weighted by Gasteiger charge is -2.47. The van der Waals surface area contributed by atoms with Gasteiger partial charge in [0.25, 0.3) is 5.91 Å². The van der Waals surface area contributed by atoms with Crippen molar-refractivity contribution in [3.8, 4) is 5.75 Å². The third-order valence-corrected chi connectivity index (χ3v) is 10.6. The number of alkyl halides is 9. The van der Waals surface area contributed by atoms with E-state index in [1.807, 2.05) is 24.3 Å². The van der Waals surface area contributed by atoms with Gasteiger partial charge in [-0.1, -0.05) is 30.3 Å². The molecular weight excluding hydrogens is 829 g/mol. The number of nitrogens with one attached hydrogen (secondary N) is 2. The van der Waals surface area contributed by atoms with Crippen molar-refractivity contribution in [3.63, 3.8) is 0 Å². The van der Waals surface area contributed by atoms with Crippen LogP contribution < -0.4 is 15.6 Å². The molecule has 1 atom stereocenters.